The average Bonchev–Trinajstić information content (AvgIpc) is 2.09. The van der Waals surface area contributed by atoms with Gasteiger partial charge < -0.3 is 5.32 Å². The van der Waals surface area contributed by atoms with Crippen LogP contribution in [0.15, 0.2) is 16.7 Å². The molecule has 4 heteroatoms. The van der Waals surface area contributed by atoms with E-state index in [1.165, 1.54) is 5.56 Å². The molecule has 0 radical (unpaired) electrons. The minimum Gasteiger partial charge on any atom is -0.367 e. The molecule has 0 aliphatic heterocycles. The zero-order valence-corrected chi connectivity index (χ0v) is 10.3. The van der Waals surface area contributed by atoms with E-state index in [-0.39, 0.29) is 0 Å². The van der Waals surface area contributed by atoms with Crippen molar-refractivity contribution in [3.05, 3.63) is 22.3 Å². The van der Waals surface area contributed by atoms with Gasteiger partial charge in [0.25, 0.3) is 0 Å². The lowest BCUT2D eigenvalue weighted by Crippen LogP contribution is -2.36. The van der Waals surface area contributed by atoms with Crippen LogP contribution in [0.25, 0.3) is 0 Å². The van der Waals surface area contributed by atoms with Gasteiger partial charge in [-0.1, -0.05) is 0 Å². The van der Waals surface area contributed by atoms with E-state index in [1.807, 2.05) is 12.3 Å². The lowest BCUT2D eigenvalue weighted by Gasteiger charge is -2.32. The predicted octanol–water partition coefficient (Wildman–Crippen LogP) is 3.33. The highest BCUT2D eigenvalue weighted by atomic mass is 79.9. The smallest absolute Gasteiger partial charge is 0.126 e. The number of alkyl halides is 1. The molecule has 0 aromatic carbocycles. The second kappa shape index (κ2) is 4.07. The Bertz CT molecular complexity index is 337. The summed E-state index contributed by atoms with van der Waals surface area (Å²) in [6.07, 6.45) is 3.91. The number of halogens is 2. The normalized spacial score (nSPS) is 25.6. The number of nitrogens with one attached hydrogen (secondary N) is 1. The first kappa shape index (κ1) is 10.2. The molecule has 2 nitrogen and oxygen atoms in total. The molecule has 0 bridgehead atoms. The SMILES string of the molecule is Cc1cc(NC2CC(Cl)C2)ncc1Br. The number of aryl methyl sites for hydroxylation is 1. The van der Waals surface area contributed by atoms with Crippen molar-refractivity contribution < 1.29 is 0 Å². The lowest BCUT2D eigenvalue weighted by molar-refractivity contribution is 0.453. The molecule has 0 amide bonds. The highest BCUT2D eigenvalue weighted by molar-refractivity contribution is 9.10. The van der Waals surface area contributed by atoms with Gasteiger partial charge in [0, 0.05) is 22.1 Å². The van der Waals surface area contributed by atoms with Gasteiger partial charge in [0.2, 0.25) is 0 Å². The number of aromatic nitrogens is 1. The molecule has 0 saturated heterocycles. The molecule has 0 spiro atoms. The molecule has 0 unspecified atom stereocenters. The van der Waals surface area contributed by atoms with Crippen molar-refractivity contribution in [1.29, 1.82) is 0 Å². The number of pyridine rings is 1. The third kappa shape index (κ3) is 2.20. The van der Waals surface area contributed by atoms with Gasteiger partial charge in [-0.25, -0.2) is 4.98 Å². The Balaban J connectivity index is 2.00. The zero-order valence-electron chi connectivity index (χ0n) is 7.93. The van der Waals surface area contributed by atoms with Crippen molar-refractivity contribution in [3.63, 3.8) is 0 Å². The highest BCUT2D eigenvalue weighted by Crippen LogP contribution is 2.28. The molecule has 1 N–H and O–H groups in total. The van der Waals surface area contributed by atoms with Crippen molar-refractivity contribution in [2.24, 2.45) is 0 Å². The summed E-state index contributed by atoms with van der Waals surface area (Å²) in [6.45, 7) is 2.06. The summed E-state index contributed by atoms with van der Waals surface area (Å²) in [4.78, 5) is 4.28. The Labute approximate surface area is 97.2 Å². The summed E-state index contributed by atoms with van der Waals surface area (Å²) in [5.74, 6) is 0.944. The average molecular weight is 276 g/mol. The van der Waals surface area contributed by atoms with Gasteiger partial charge >= 0.3 is 0 Å². The van der Waals surface area contributed by atoms with E-state index in [4.69, 9.17) is 11.6 Å². The molecule has 1 saturated carbocycles. The maximum Gasteiger partial charge on any atom is 0.126 e. The number of hydrogen-bond donors (Lipinski definition) is 1. The first-order valence-corrected chi connectivity index (χ1v) is 5.91. The van der Waals surface area contributed by atoms with Crippen LogP contribution in [0.2, 0.25) is 0 Å². The van der Waals surface area contributed by atoms with Crippen molar-refractivity contribution in [2.45, 2.75) is 31.2 Å². The molecule has 1 aromatic rings. The molecule has 1 aliphatic rings. The van der Waals surface area contributed by atoms with Gasteiger partial charge in [-0.15, -0.1) is 11.6 Å². The van der Waals surface area contributed by atoms with Crippen LogP contribution in [-0.2, 0) is 0 Å². The first-order valence-electron chi connectivity index (χ1n) is 4.68. The molecule has 1 aromatic heterocycles. The van der Waals surface area contributed by atoms with E-state index in [9.17, 15) is 0 Å². The molecular weight excluding hydrogens is 263 g/mol. The first-order chi connectivity index (χ1) is 6.65. The van der Waals surface area contributed by atoms with E-state index in [1.54, 1.807) is 0 Å². The third-order valence-corrected chi connectivity index (χ3v) is 3.67. The van der Waals surface area contributed by atoms with Gasteiger partial charge in [-0.3, -0.25) is 0 Å². The fourth-order valence-corrected chi connectivity index (χ4v) is 2.14. The van der Waals surface area contributed by atoms with Crippen LogP contribution >= 0.6 is 27.5 Å². The highest BCUT2D eigenvalue weighted by Gasteiger charge is 2.27. The fourth-order valence-electron chi connectivity index (χ4n) is 1.49. The van der Waals surface area contributed by atoms with E-state index < -0.39 is 0 Å². The predicted molar refractivity (Wildman–Crippen MR) is 63.0 cm³/mol. The van der Waals surface area contributed by atoms with Crippen LogP contribution in [0.5, 0.6) is 0 Å². The summed E-state index contributed by atoms with van der Waals surface area (Å²) < 4.78 is 1.05. The van der Waals surface area contributed by atoms with Gasteiger partial charge in [0.1, 0.15) is 5.82 Å². The Kier molecular flexibility index (Phi) is 2.98. The number of rotatable bonds is 2. The second-order valence-corrected chi connectivity index (χ2v) is 5.20. The summed E-state index contributed by atoms with van der Waals surface area (Å²) >= 11 is 9.32. The maximum atomic E-state index is 5.90. The Hall–Kier alpha value is -0.280. The van der Waals surface area contributed by atoms with E-state index in [0.717, 1.165) is 23.1 Å². The van der Waals surface area contributed by atoms with Gasteiger partial charge in [0.05, 0.1) is 0 Å². The summed E-state index contributed by atoms with van der Waals surface area (Å²) in [5, 5.41) is 3.71. The molecule has 1 fully saturated rings. The summed E-state index contributed by atoms with van der Waals surface area (Å²) in [5.41, 5.74) is 1.20. The van der Waals surface area contributed by atoms with Crippen LogP contribution in [0.1, 0.15) is 18.4 Å². The van der Waals surface area contributed by atoms with Crippen LogP contribution in [0.4, 0.5) is 5.82 Å². The standard InChI is InChI=1S/C10H12BrClN2/c1-6-2-10(13-5-9(6)11)14-8-3-7(12)4-8/h2,5,7-8H,3-4H2,1H3,(H,13,14). The van der Waals surface area contributed by atoms with Gasteiger partial charge in [-0.05, 0) is 47.3 Å². The van der Waals surface area contributed by atoms with Crippen LogP contribution < -0.4 is 5.32 Å². The van der Waals surface area contributed by atoms with Crippen LogP contribution in [-0.4, -0.2) is 16.4 Å². The Morgan fingerprint density at radius 1 is 1.57 bits per heavy atom. The topological polar surface area (TPSA) is 24.9 Å². The van der Waals surface area contributed by atoms with Crippen LogP contribution in [0, 0.1) is 6.92 Å². The minimum atomic E-state index is 0.351. The molecule has 14 heavy (non-hydrogen) atoms. The Morgan fingerprint density at radius 2 is 2.29 bits per heavy atom. The molecular formula is C10H12BrClN2. The van der Waals surface area contributed by atoms with E-state index >= 15 is 0 Å². The largest absolute Gasteiger partial charge is 0.367 e. The Morgan fingerprint density at radius 3 is 2.86 bits per heavy atom. The molecule has 76 valence electrons. The zero-order chi connectivity index (χ0) is 10.1. The van der Waals surface area contributed by atoms with Crippen molar-refractivity contribution in [1.82, 2.24) is 4.98 Å². The van der Waals surface area contributed by atoms with E-state index in [2.05, 4.69) is 33.2 Å². The second-order valence-electron chi connectivity index (χ2n) is 3.73. The molecule has 2 rings (SSSR count). The quantitative estimate of drug-likeness (QED) is 0.838. The van der Waals surface area contributed by atoms with Gasteiger partial charge in [-0.2, -0.15) is 0 Å². The molecule has 1 aliphatic carbocycles. The van der Waals surface area contributed by atoms with Gasteiger partial charge in [0.15, 0.2) is 0 Å². The van der Waals surface area contributed by atoms with Crippen molar-refractivity contribution >= 4 is 33.3 Å². The number of nitrogens with zero attached hydrogens (tertiary/aromatic N) is 1. The monoisotopic (exact) mass is 274 g/mol. The van der Waals surface area contributed by atoms with E-state index in [0.29, 0.717) is 11.4 Å². The summed E-state index contributed by atoms with van der Waals surface area (Å²) in [7, 11) is 0. The number of hydrogen-bond acceptors (Lipinski definition) is 2. The molecule has 0 atom stereocenters. The third-order valence-electron chi connectivity index (χ3n) is 2.48. The summed E-state index contributed by atoms with van der Waals surface area (Å²) in [6, 6.07) is 2.55. The van der Waals surface area contributed by atoms with Crippen molar-refractivity contribution in [2.75, 3.05) is 5.32 Å². The number of anilines is 1. The minimum absolute atomic E-state index is 0.351. The lowest BCUT2D eigenvalue weighted by atomic mass is 9.92. The van der Waals surface area contributed by atoms with Crippen molar-refractivity contribution in [3.8, 4) is 0 Å². The van der Waals surface area contributed by atoms with Crippen LogP contribution in [0.3, 0.4) is 0 Å². The fraction of sp³-hybridized carbons (Fsp3) is 0.500. The molecule has 1 heterocycles. The maximum absolute atomic E-state index is 5.90.